The van der Waals surface area contributed by atoms with Gasteiger partial charge in [-0.2, -0.15) is 0 Å². The van der Waals surface area contributed by atoms with E-state index in [0.717, 1.165) is 22.6 Å². The molecular weight excluding hydrogens is 518 g/mol. The molecule has 2 aromatic carbocycles. The molecule has 3 N–H and O–H groups in total. The number of nitrogens with zero attached hydrogens (tertiary/aromatic N) is 4. The maximum atomic E-state index is 13.3. The molecule has 4 aromatic rings. The highest BCUT2D eigenvalue weighted by Gasteiger charge is 2.28. The zero-order valence-electron chi connectivity index (χ0n) is 22.5. The number of aromatic nitrogens is 2. The van der Waals surface area contributed by atoms with Gasteiger partial charge in [-0.3, -0.25) is 14.4 Å². The lowest BCUT2D eigenvalue weighted by molar-refractivity contribution is 0.0529. The minimum absolute atomic E-state index is 0.160. The molecule has 0 aliphatic carbocycles. The fraction of sp³-hybridized carbons (Fsp3) is 0.194. The summed E-state index contributed by atoms with van der Waals surface area (Å²) in [6, 6.07) is 25.6. The van der Waals surface area contributed by atoms with Crippen molar-refractivity contribution in [1.29, 1.82) is 0 Å². The van der Waals surface area contributed by atoms with Gasteiger partial charge in [0.1, 0.15) is 23.2 Å². The van der Waals surface area contributed by atoms with E-state index in [1.165, 1.54) is 0 Å². The Balaban J connectivity index is 1.07. The van der Waals surface area contributed by atoms with Crippen molar-refractivity contribution in [3.63, 3.8) is 0 Å². The van der Waals surface area contributed by atoms with E-state index in [1.807, 2.05) is 67.6 Å². The molecule has 2 aliphatic heterocycles. The Bertz CT molecular complexity index is 1610. The Morgan fingerprint density at radius 1 is 0.683 bits per heavy atom. The summed E-state index contributed by atoms with van der Waals surface area (Å²) in [4.78, 5) is 51.6. The number of hydrogen-bond donors (Lipinski definition) is 3. The molecule has 1 saturated heterocycles. The summed E-state index contributed by atoms with van der Waals surface area (Å²) in [5.41, 5.74) is 5.03. The van der Waals surface area contributed by atoms with Crippen molar-refractivity contribution in [1.82, 2.24) is 19.8 Å². The largest absolute Gasteiger partial charge is 0.359 e. The van der Waals surface area contributed by atoms with Crippen LogP contribution in [0.3, 0.4) is 0 Å². The lowest BCUT2D eigenvalue weighted by atomic mass is 10.2. The molecule has 1 fully saturated rings. The van der Waals surface area contributed by atoms with Gasteiger partial charge in [-0.1, -0.05) is 42.5 Å². The van der Waals surface area contributed by atoms with Gasteiger partial charge >= 0.3 is 0 Å². The predicted molar refractivity (Wildman–Crippen MR) is 156 cm³/mol. The Morgan fingerprint density at radius 3 is 1.85 bits per heavy atom. The first kappa shape index (κ1) is 26.0. The van der Waals surface area contributed by atoms with Gasteiger partial charge in [0.15, 0.2) is 0 Å². The number of carbonyl (C=O) groups excluding carboxylic acids is 3. The summed E-state index contributed by atoms with van der Waals surface area (Å²) < 4.78 is 0. The molecule has 3 amide bonds. The van der Waals surface area contributed by atoms with Crippen LogP contribution in [-0.2, 0) is 0 Å². The fourth-order valence-electron chi connectivity index (χ4n) is 4.98. The van der Waals surface area contributed by atoms with Crippen molar-refractivity contribution in [3.8, 4) is 0 Å². The Hall–Kier alpha value is -5.25. The Kier molecular flexibility index (Phi) is 7.03. The van der Waals surface area contributed by atoms with Crippen LogP contribution in [0.4, 0.5) is 17.1 Å². The maximum absolute atomic E-state index is 13.3. The van der Waals surface area contributed by atoms with E-state index in [-0.39, 0.29) is 35.3 Å². The number of carbonyl (C=O) groups is 3. The van der Waals surface area contributed by atoms with Crippen LogP contribution in [0.15, 0.2) is 84.9 Å². The second kappa shape index (κ2) is 11.1. The van der Waals surface area contributed by atoms with Gasteiger partial charge in [-0.05, 0) is 55.0 Å². The van der Waals surface area contributed by atoms with Crippen molar-refractivity contribution in [2.75, 3.05) is 42.1 Å². The van der Waals surface area contributed by atoms with E-state index < -0.39 is 0 Å². The van der Waals surface area contributed by atoms with E-state index in [0.29, 0.717) is 37.6 Å². The third-order valence-corrected chi connectivity index (χ3v) is 7.26. The van der Waals surface area contributed by atoms with Gasteiger partial charge < -0.3 is 25.8 Å². The van der Waals surface area contributed by atoms with E-state index >= 15 is 0 Å². The van der Waals surface area contributed by atoms with Gasteiger partial charge in [-0.25, -0.2) is 9.97 Å². The summed E-state index contributed by atoms with van der Waals surface area (Å²) in [5, 5.41) is 9.61. The van der Waals surface area contributed by atoms with Crippen LogP contribution >= 0.6 is 0 Å². The van der Waals surface area contributed by atoms with E-state index in [2.05, 4.69) is 25.9 Å². The third-order valence-electron chi connectivity index (χ3n) is 7.26. The number of rotatable bonds is 5. The molecule has 0 saturated carbocycles. The topological polar surface area (TPSA) is 120 Å². The second-order valence-electron chi connectivity index (χ2n) is 9.98. The molecule has 4 heterocycles. The Labute approximate surface area is 237 Å². The summed E-state index contributed by atoms with van der Waals surface area (Å²) in [6.07, 6.45) is -0.225. The lowest BCUT2D eigenvalue weighted by Crippen LogP contribution is -2.51. The van der Waals surface area contributed by atoms with Gasteiger partial charge in [0.2, 0.25) is 0 Å². The predicted octanol–water partition coefficient (Wildman–Crippen LogP) is 4.17. The minimum Gasteiger partial charge on any atom is -0.359 e. The molecule has 10 heteroatoms. The molecular formula is C31H29N7O3. The first-order valence-corrected chi connectivity index (χ1v) is 13.5. The monoisotopic (exact) mass is 547 g/mol. The maximum Gasteiger partial charge on any atom is 0.274 e. The highest BCUT2D eigenvalue weighted by Crippen LogP contribution is 2.34. The number of benzene rings is 2. The van der Waals surface area contributed by atoms with Crippen LogP contribution in [0.1, 0.15) is 48.9 Å². The zero-order valence-corrected chi connectivity index (χ0v) is 22.5. The smallest absolute Gasteiger partial charge is 0.274 e. The normalized spacial score (nSPS) is 14.6. The molecule has 2 aromatic heterocycles. The molecule has 0 spiro atoms. The third kappa shape index (κ3) is 5.44. The van der Waals surface area contributed by atoms with Crippen LogP contribution in [-0.4, -0.2) is 63.7 Å². The number of pyridine rings is 2. The highest BCUT2D eigenvalue weighted by atomic mass is 16.2. The first-order chi connectivity index (χ1) is 20.0. The molecule has 10 nitrogen and oxygen atoms in total. The number of hydrogen-bond acceptors (Lipinski definition) is 7. The summed E-state index contributed by atoms with van der Waals surface area (Å²) in [7, 11) is 0. The van der Waals surface area contributed by atoms with Crippen LogP contribution in [0.25, 0.3) is 0 Å². The molecule has 0 radical (unpaired) electrons. The second-order valence-corrected chi connectivity index (χ2v) is 9.98. The standard InChI is InChI=1S/C31H29N7O3/c1-20-8-2-3-9-21(20)36-29(39)25-13-7-15-27(33-25)31(41)38-18-16-37(17-19-38)30(40)26-14-6-12-24(32-26)28-34-22-10-4-5-11-23(22)35-28/h2-15,28,34-35H,16-19H2,1H3,(H,36,39). The number of para-hydroxylation sites is 3. The van der Waals surface area contributed by atoms with Crippen LogP contribution in [0.2, 0.25) is 0 Å². The molecule has 6 rings (SSSR count). The average molecular weight is 548 g/mol. The highest BCUT2D eigenvalue weighted by molar-refractivity contribution is 6.04. The van der Waals surface area contributed by atoms with Crippen molar-refractivity contribution in [3.05, 3.63) is 113 Å². The summed E-state index contributed by atoms with van der Waals surface area (Å²) >= 11 is 0. The van der Waals surface area contributed by atoms with Crippen LogP contribution in [0.5, 0.6) is 0 Å². The number of nitrogens with one attached hydrogen (secondary N) is 3. The molecule has 41 heavy (non-hydrogen) atoms. The summed E-state index contributed by atoms with van der Waals surface area (Å²) in [6.45, 7) is 3.35. The van der Waals surface area contributed by atoms with Crippen molar-refractivity contribution >= 4 is 34.8 Å². The van der Waals surface area contributed by atoms with Crippen LogP contribution < -0.4 is 16.0 Å². The van der Waals surface area contributed by atoms with Crippen LogP contribution in [0, 0.1) is 6.92 Å². The lowest BCUT2D eigenvalue weighted by Gasteiger charge is -2.34. The molecule has 0 bridgehead atoms. The van der Waals surface area contributed by atoms with E-state index in [9.17, 15) is 14.4 Å². The molecule has 2 aliphatic rings. The Morgan fingerprint density at radius 2 is 1.22 bits per heavy atom. The summed E-state index contributed by atoms with van der Waals surface area (Å²) in [5.74, 6) is -0.839. The minimum atomic E-state index is -0.383. The number of aryl methyl sites for hydroxylation is 1. The average Bonchev–Trinajstić information content (AvgIpc) is 3.46. The van der Waals surface area contributed by atoms with Gasteiger partial charge in [0.25, 0.3) is 17.7 Å². The zero-order chi connectivity index (χ0) is 28.3. The van der Waals surface area contributed by atoms with Crippen molar-refractivity contribution in [2.45, 2.75) is 13.1 Å². The first-order valence-electron chi connectivity index (χ1n) is 13.5. The quantitative estimate of drug-likeness (QED) is 0.343. The molecule has 0 atom stereocenters. The van der Waals surface area contributed by atoms with Crippen molar-refractivity contribution in [2.24, 2.45) is 0 Å². The SMILES string of the molecule is Cc1ccccc1NC(=O)c1cccc(C(=O)N2CCN(C(=O)c3cccc(C4Nc5ccccc5N4)n3)CC2)n1. The number of amides is 3. The number of fused-ring (bicyclic) bond motifs is 1. The molecule has 0 unspecified atom stereocenters. The van der Waals surface area contributed by atoms with Gasteiger partial charge in [0, 0.05) is 31.9 Å². The van der Waals surface area contributed by atoms with E-state index in [4.69, 9.17) is 0 Å². The number of piperazine rings is 1. The van der Waals surface area contributed by atoms with Gasteiger partial charge in [-0.15, -0.1) is 0 Å². The fourth-order valence-corrected chi connectivity index (χ4v) is 4.98. The van der Waals surface area contributed by atoms with Crippen molar-refractivity contribution < 1.29 is 14.4 Å². The molecule has 206 valence electrons. The number of anilines is 3. The van der Waals surface area contributed by atoms with Gasteiger partial charge in [0.05, 0.1) is 17.1 Å². The van der Waals surface area contributed by atoms with E-state index in [1.54, 1.807) is 34.1 Å².